The lowest BCUT2D eigenvalue weighted by Crippen LogP contribution is -2.10. The van der Waals surface area contributed by atoms with Crippen LogP contribution < -0.4 is 11.1 Å². The number of rotatable bonds is 5. The van der Waals surface area contributed by atoms with E-state index in [1.807, 2.05) is 34.9 Å². The molecule has 7 nitrogen and oxygen atoms in total. The average Bonchev–Trinajstić information content (AvgIpc) is 3.13. The van der Waals surface area contributed by atoms with Gasteiger partial charge in [-0.1, -0.05) is 30.3 Å². The molecule has 7 heteroatoms. The van der Waals surface area contributed by atoms with Gasteiger partial charge in [-0.05, 0) is 38.1 Å². The highest BCUT2D eigenvalue weighted by molar-refractivity contribution is 5.93. The Morgan fingerprint density at radius 3 is 2.39 bits per heavy atom. The van der Waals surface area contributed by atoms with E-state index in [1.54, 1.807) is 30.6 Å². The Morgan fingerprint density at radius 1 is 1.04 bits per heavy atom. The molecule has 0 unspecified atom stereocenters. The number of para-hydroxylation sites is 1. The van der Waals surface area contributed by atoms with Gasteiger partial charge >= 0.3 is 0 Å². The van der Waals surface area contributed by atoms with Crippen molar-refractivity contribution in [3.05, 3.63) is 66.5 Å². The van der Waals surface area contributed by atoms with Gasteiger partial charge in [0.2, 0.25) is 5.91 Å². The zero-order valence-electron chi connectivity index (χ0n) is 15.6. The Bertz CT molecular complexity index is 1130. The van der Waals surface area contributed by atoms with Crippen LogP contribution in [0.2, 0.25) is 0 Å². The van der Waals surface area contributed by atoms with Crippen molar-refractivity contribution in [1.29, 1.82) is 0 Å². The number of hydrogen-bond donors (Lipinski definition) is 2. The number of fused-ring (bicyclic) bond motifs is 1. The first-order chi connectivity index (χ1) is 13.5. The van der Waals surface area contributed by atoms with Crippen molar-refractivity contribution in [2.75, 3.05) is 5.32 Å². The van der Waals surface area contributed by atoms with Crippen LogP contribution in [0.1, 0.15) is 30.2 Å². The average molecular weight is 372 g/mol. The highest BCUT2D eigenvalue weighted by Crippen LogP contribution is 2.28. The molecule has 0 aliphatic heterocycles. The van der Waals surface area contributed by atoms with E-state index in [1.165, 1.54) is 0 Å². The summed E-state index contributed by atoms with van der Waals surface area (Å²) >= 11 is 0. The fourth-order valence-corrected chi connectivity index (χ4v) is 2.95. The SMILES string of the molecule is CC(C)n1cnc2c(Nc3ccccc3)nc(-c3ccc(C(N)=O)cc3)nc21. The first-order valence-corrected chi connectivity index (χ1v) is 9.00. The third-order valence-electron chi connectivity index (χ3n) is 4.44. The number of aromatic nitrogens is 4. The van der Waals surface area contributed by atoms with Gasteiger partial charge < -0.3 is 15.6 Å². The van der Waals surface area contributed by atoms with Crippen molar-refractivity contribution < 1.29 is 4.79 Å². The normalized spacial score (nSPS) is 11.1. The maximum absolute atomic E-state index is 11.3. The number of hydrogen-bond acceptors (Lipinski definition) is 5. The minimum Gasteiger partial charge on any atom is -0.366 e. The topological polar surface area (TPSA) is 98.7 Å². The summed E-state index contributed by atoms with van der Waals surface area (Å²) in [6.45, 7) is 4.16. The van der Waals surface area contributed by atoms with Crippen LogP contribution in [-0.2, 0) is 0 Å². The summed E-state index contributed by atoms with van der Waals surface area (Å²) in [5.74, 6) is 0.709. The van der Waals surface area contributed by atoms with Gasteiger partial charge in [0.05, 0.1) is 6.33 Å². The summed E-state index contributed by atoms with van der Waals surface area (Å²) in [4.78, 5) is 25.3. The van der Waals surface area contributed by atoms with Gasteiger partial charge in [-0.3, -0.25) is 4.79 Å². The number of carbonyl (C=O) groups excluding carboxylic acids is 1. The van der Waals surface area contributed by atoms with Gasteiger partial charge in [0, 0.05) is 22.9 Å². The fourth-order valence-electron chi connectivity index (χ4n) is 2.95. The largest absolute Gasteiger partial charge is 0.366 e. The smallest absolute Gasteiger partial charge is 0.248 e. The van der Waals surface area contributed by atoms with Gasteiger partial charge in [0.1, 0.15) is 0 Å². The van der Waals surface area contributed by atoms with E-state index in [-0.39, 0.29) is 6.04 Å². The van der Waals surface area contributed by atoms with E-state index in [0.717, 1.165) is 16.9 Å². The standard InChI is InChI=1S/C21H20N6O/c1-13(2)27-12-23-17-20(24-16-6-4-3-5-7-16)25-19(26-21(17)27)15-10-8-14(9-11-15)18(22)28/h3-13H,1-2H3,(H2,22,28)(H,24,25,26). The minimum atomic E-state index is -0.466. The number of primary amides is 1. The number of benzene rings is 2. The number of imidazole rings is 1. The van der Waals surface area contributed by atoms with Crippen LogP contribution >= 0.6 is 0 Å². The molecule has 0 atom stereocenters. The molecule has 140 valence electrons. The number of nitrogens with two attached hydrogens (primary N) is 1. The van der Waals surface area contributed by atoms with Gasteiger partial charge in [-0.2, -0.15) is 0 Å². The second-order valence-corrected chi connectivity index (χ2v) is 6.75. The molecule has 0 radical (unpaired) electrons. The maximum Gasteiger partial charge on any atom is 0.248 e. The summed E-state index contributed by atoms with van der Waals surface area (Å²) in [5, 5.41) is 3.34. The molecule has 0 saturated carbocycles. The summed E-state index contributed by atoms with van der Waals surface area (Å²) in [7, 11) is 0. The zero-order valence-corrected chi connectivity index (χ0v) is 15.6. The molecule has 2 heterocycles. The van der Waals surface area contributed by atoms with Crippen LogP contribution in [0.4, 0.5) is 11.5 Å². The molecule has 2 aromatic heterocycles. The van der Waals surface area contributed by atoms with Crippen LogP contribution in [0, 0.1) is 0 Å². The molecule has 0 aliphatic carbocycles. The van der Waals surface area contributed by atoms with E-state index in [2.05, 4.69) is 24.1 Å². The molecule has 1 amide bonds. The van der Waals surface area contributed by atoms with Crippen molar-refractivity contribution in [3.8, 4) is 11.4 Å². The first-order valence-electron chi connectivity index (χ1n) is 9.00. The number of amides is 1. The number of nitrogens with one attached hydrogen (secondary N) is 1. The molecule has 4 rings (SSSR count). The number of anilines is 2. The highest BCUT2D eigenvalue weighted by atomic mass is 16.1. The first kappa shape index (κ1) is 17.7. The third-order valence-corrected chi connectivity index (χ3v) is 4.44. The molecule has 3 N–H and O–H groups in total. The molecule has 28 heavy (non-hydrogen) atoms. The quantitative estimate of drug-likeness (QED) is 0.553. The number of nitrogens with zero attached hydrogens (tertiary/aromatic N) is 4. The molecule has 4 aromatic rings. The van der Waals surface area contributed by atoms with E-state index in [4.69, 9.17) is 15.7 Å². The number of carbonyl (C=O) groups is 1. The Kier molecular flexibility index (Phi) is 4.49. The molecule has 0 saturated heterocycles. The summed E-state index contributed by atoms with van der Waals surface area (Å²) in [6, 6.07) is 16.9. The molecule has 0 fully saturated rings. The monoisotopic (exact) mass is 372 g/mol. The Morgan fingerprint density at radius 2 is 1.75 bits per heavy atom. The van der Waals surface area contributed by atoms with Crippen LogP contribution in [0.5, 0.6) is 0 Å². The third kappa shape index (κ3) is 3.29. The second kappa shape index (κ2) is 7.11. The van der Waals surface area contributed by atoms with Crippen molar-refractivity contribution in [2.24, 2.45) is 5.73 Å². The lowest BCUT2D eigenvalue weighted by molar-refractivity contribution is 0.100. The van der Waals surface area contributed by atoms with Crippen molar-refractivity contribution in [2.45, 2.75) is 19.9 Å². The van der Waals surface area contributed by atoms with Gasteiger partial charge in [0.25, 0.3) is 0 Å². The lowest BCUT2D eigenvalue weighted by atomic mass is 10.1. The molecule has 0 aliphatic rings. The fraction of sp³-hybridized carbons (Fsp3) is 0.143. The summed E-state index contributed by atoms with van der Waals surface area (Å²) < 4.78 is 2.01. The second-order valence-electron chi connectivity index (χ2n) is 6.75. The lowest BCUT2D eigenvalue weighted by Gasteiger charge is -2.11. The Hall–Kier alpha value is -3.74. The molecule has 0 bridgehead atoms. The predicted octanol–water partition coefficient (Wildman–Crippen LogP) is 3.92. The predicted molar refractivity (Wildman–Crippen MR) is 109 cm³/mol. The summed E-state index contributed by atoms with van der Waals surface area (Å²) in [6.07, 6.45) is 1.78. The van der Waals surface area contributed by atoms with Crippen LogP contribution in [0.3, 0.4) is 0 Å². The minimum absolute atomic E-state index is 0.203. The van der Waals surface area contributed by atoms with Crippen molar-refractivity contribution >= 4 is 28.6 Å². The Balaban J connectivity index is 1.86. The molecule has 0 spiro atoms. The van der Waals surface area contributed by atoms with E-state index < -0.39 is 5.91 Å². The highest BCUT2D eigenvalue weighted by Gasteiger charge is 2.16. The van der Waals surface area contributed by atoms with Crippen molar-refractivity contribution in [3.63, 3.8) is 0 Å². The van der Waals surface area contributed by atoms with E-state index in [9.17, 15) is 4.79 Å². The molecule has 2 aromatic carbocycles. The Labute approximate surface area is 162 Å². The van der Waals surface area contributed by atoms with E-state index >= 15 is 0 Å². The van der Waals surface area contributed by atoms with Crippen LogP contribution in [0.15, 0.2) is 60.9 Å². The van der Waals surface area contributed by atoms with E-state index in [0.29, 0.717) is 22.7 Å². The summed E-state index contributed by atoms with van der Waals surface area (Å²) in [5.41, 5.74) is 8.93. The van der Waals surface area contributed by atoms with Gasteiger partial charge in [-0.15, -0.1) is 0 Å². The van der Waals surface area contributed by atoms with Crippen LogP contribution in [-0.4, -0.2) is 25.4 Å². The van der Waals surface area contributed by atoms with Gasteiger partial charge in [0.15, 0.2) is 22.8 Å². The van der Waals surface area contributed by atoms with Gasteiger partial charge in [-0.25, -0.2) is 15.0 Å². The van der Waals surface area contributed by atoms with Crippen molar-refractivity contribution in [1.82, 2.24) is 19.5 Å². The maximum atomic E-state index is 11.3. The molecular weight excluding hydrogens is 352 g/mol. The zero-order chi connectivity index (χ0) is 19.7. The molecular formula is C21H20N6O. The van der Waals surface area contributed by atoms with Crippen LogP contribution in [0.25, 0.3) is 22.6 Å².